The molecule has 1 rings (SSSR count). The third-order valence-electron chi connectivity index (χ3n) is 3.44. The van der Waals surface area contributed by atoms with Crippen molar-refractivity contribution in [2.75, 3.05) is 6.54 Å². The maximum Gasteiger partial charge on any atom is 0.220 e. The molecule has 0 radical (unpaired) electrons. The van der Waals surface area contributed by atoms with Crippen LogP contribution in [0.5, 0.6) is 0 Å². The van der Waals surface area contributed by atoms with Crippen LogP contribution < -0.4 is 5.32 Å². The molecule has 2 N–H and O–H groups in total. The van der Waals surface area contributed by atoms with E-state index in [0.717, 1.165) is 32.1 Å². The Morgan fingerprint density at radius 2 is 2.12 bits per heavy atom. The summed E-state index contributed by atoms with van der Waals surface area (Å²) in [5.41, 5.74) is 0. The van der Waals surface area contributed by atoms with E-state index in [1.54, 1.807) is 0 Å². The standard InChI is InChI=1S/C13H25NO2/c1-2-3-4-5-9-13(16)14-10-11-7-6-8-12(11)15/h11-12,15H,2-10H2,1H3,(H,14,16). The molecule has 3 heteroatoms. The monoisotopic (exact) mass is 227 g/mol. The van der Waals surface area contributed by atoms with E-state index in [1.165, 1.54) is 12.8 Å². The second kappa shape index (κ2) is 7.66. The fourth-order valence-electron chi connectivity index (χ4n) is 2.30. The lowest BCUT2D eigenvalue weighted by Crippen LogP contribution is -2.32. The lowest BCUT2D eigenvalue weighted by atomic mass is 10.1. The van der Waals surface area contributed by atoms with Gasteiger partial charge in [0.15, 0.2) is 0 Å². The molecule has 0 bridgehead atoms. The van der Waals surface area contributed by atoms with E-state index in [-0.39, 0.29) is 12.0 Å². The van der Waals surface area contributed by atoms with Crippen LogP contribution in [0.4, 0.5) is 0 Å². The van der Waals surface area contributed by atoms with Crippen molar-refractivity contribution in [3.05, 3.63) is 0 Å². The van der Waals surface area contributed by atoms with E-state index in [0.29, 0.717) is 18.9 Å². The van der Waals surface area contributed by atoms with Crippen molar-refractivity contribution in [1.29, 1.82) is 0 Å². The van der Waals surface area contributed by atoms with Crippen molar-refractivity contribution in [3.63, 3.8) is 0 Å². The smallest absolute Gasteiger partial charge is 0.220 e. The van der Waals surface area contributed by atoms with E-state index in [4.69, 9.17) is 0 Å². The minimum atomic E-state index is -0.194. The maximum absolute atomic E-state index is 11.5. The average Bonchev–Trinajstić information content (AvgIpc) is 2.67. The highest BCUT2D eigenvalue weighted by atomic mass is 16.3. The Labute approximate surface area is 98.6 Å². The number of carbonyl (C=O) groups excluding carboxylic acids is 1. The number of rotatable bonds is 7. The number of aliphatic hydroxyl groups excluding tert-OH is 1. The molecule has 0 heterocycles. The number of unbranched alkanes of at least 4 members (excludes halogenated alkanes) is 3. The van der Waals surface area contributed by atoms with Crippen LogP contribution in [0.3, 0.4) is 0 Å². The highest BCUT2D eigenvalue weighted by Gasteiger charge is 2.25. The molecular formula is C13H25NO2. The Morgan fingerprint density at radius 3 is 2.75 bits per heavy atom. The molecule has 1 saturated carbocycles. The summed E-state index contributed by atoms with van der Waals surface area (Å²) in [5, 5.41) is 12.5. The van der Waals surface area contributed by atoms with Gasteiger partial charge in [-0.25, -0.2) is 0 Å². The first kappa shape index (κ1) is 13.5. The van der Waals surface area contributed by atoms with Crippen molar-refractivity contribution in [2.45, 2.75) is 64.4 Å². The highest BCUT2D eigenvalue weighted by molar-refractivity contribution is 5.75. The van der Waals surface area contributed by atoms with Gasteiger partial charge in [-0.1, -0.05) is 32.6 Å². The van der Waals surface area contributed by atoms with Crippen molar-refractivity contribution >= 4 is 5.91 Å². The van der Waals surface area contributed by atoms with Crippen LogP contribution in [0.15, 0.2) is 0 Å². The van der Waals surface area contributed by atoms with Gasteiger partial charge in [-0.15, -0.1) is 0 Å². The molecule has 3 nitrogen and oxygen atoms in total. The minimum absolute atomic E-state index is 0.148. The SMILES string of the molecule is CCCCCCC(=O)NCC1CCCC1O. The number of hydrogen-bond acceptors (Lipinski definition) is 2. The summed E-state index contributed by atoms with van der Waals surface area (Å²) in [6.45, 7) is 2.83. The summed E-state index contributed by atoms with van der Waals surface area (Å²) in [4.78, 5) is 11.5. The third kappa shape index (κ3) is 4.97. The van der Waals surface area contributed by atoms with Crippen LogP contribution in [0, 0.1) is 5.92 Å². The number of amides is 1. The van der Waals surface area contributed by atoms with Crippen LogP contribution in [-0.2, 0) is 4.79 Å². The Kier molecular flexibility index (Phi) is 6.46. The molecule has 2 atom stereocenters. The Balaban J connectivity index is 2.01. The summed E-state index contributed by atoms with van der Waals surface area (Å²) < 4.78 is 0. The molecule has 0 aromatic rings. The van der Waals surface area contributed by atoms with E-state index in [2.05, 4.69) is 12.2 Å². The zero-order valence-electron chi connectivity index (χ0n) is 10.4. The second-order valence-electron chi connectivity index (χ2n) is 4.87. The lowest BCUT2D eigenvalue weighted by molar-refractivity contribution is -0.121. The van der Waals surface area contributed by atoms with E-state index >= 15 is 0 Å². The predicted octanol–water partition coefficient (Wildman–Crippen LogP) is 2.23. The molecule has 0 aromatic heterocycles. The van der Waals surface area contributed by atoms with E-state index in [9.17, 15) is 9.90 Å². The molecule has 2 unspecified atom stereocenters. The van der Waals surface area contributed by atoms with E-state index < -0.39 is 0 Å². The largest absolute Gasteiger partial charge is 0.393 e. The van der Waals surface area contributed by atoms with Crippen LogP contribution in [-0.4, -0.2) is 23.7 Å². The van der Waals surface area contributed by atoms with Gasteiger partial charge in [0.25, 0.3) is 0 Å². The number of nitrogens with one attached hydrogen (secondary N) is 1. The molecule has 1 aliphatic carbocycles. The zero-order valence-corrected chi connectivity index (χ0v) is 10.4. The molecule has 0 aliphatic heterocycles. The lowest BCUT2D eigenvalue weighted by Gasteiger charge is -2.14. The first-order valence-corrected chi connectivity index (χ1v) is 6.68. The van der Waals surface area contributed by atoms with Gasteiger partial charge in [-0.3, -0.25) is 4.79 Å². The van der Waals surface area contributed by atoms with Gasteiger partial charge in [0, 0.05) is 18.9 Å². The Bertz CT molecular complexity index is 206. The summed E-state index contributed by atoms with van der Waals surface area (Å²) >= 11 is 0. The van der Waals surface area contributed by atoms with Gasteiger partial charge in [0.05, 0.1) is 6.10 Å². The predicted molar refractivity (Wildman–Crippen MR) is 65.1 cm³/mol. The molecular weight excluding hydrogens is 202 g/mol. The summed E-state index contributed by atoms with van der Waals surface area (Å²) in [7, 11) is 0. The summed E-state index contributed by atoms with van der Waals surface area (Å²) in [5.74, 6) is 0.440. The van der Waals surface area contributed by atoms with Crippen molar-refractivity contribution in [2.24, 2.45) is 5.92 Å². The van der Waals surface area contributed by atoms with Gasteiger partial charge in [-0.05, 0) is 19.3 Å². The fraction of sp³-hybridized carbons (Fsp3) is 0.923. The maximum atomic E-state index is 11.5. The number of hydrogen-bond donors (Lipinski definition) is 2. The van der Waals surface area contributed by atoms with Crippen LogP contribution in [0.2, 0.25) is 0 Å². The summed E-state index contributed by atoms with van der Waals surface area (Å²) in [6.07, 6.45) is 8.06. The molecule has 0 spiro atoms. The van der Waals surface area contributed by atoms with Gasteiger partial charge in [-0.2, -0.15) is 0 Å². The van der Waals surface area contributed by atoms with Gasteiger partial charge < -0.3 is 10.4 Å². The van der Waals surface area contributed by atoms with Gasteiger partial charge in [0.2, 0.25) is 5.91 Å². The summed E-state index contributed by atoms with van der Waals surface area (Å²) in [6, 6.07) is 0. The second-order valence-corrected chi connectivity index (χ2v) is 4.87. The molecule has 0 aromatic carbocycles. The van der Waals surface area contributed by atoms with Crippen molar-refractivity contribution < 1.29 is 9.90 Å². The number of aliphatic hydroxyl groups is 1. The quantitative estimate of drug-likeness (QED) is 0.655. The first-order chi connectivity index (χ1) is 7.74. The average molecular weight is 227 g/mol. The Hall–Kier alpha value is -0.570. The van der Waals surface area contributed by atoms with Crippen molar-refractivity contribution in [1.82, 2.24) is 5.32 Å². The molecule has 16 heavy (non-hydrogen) atoms. The molecule has 1 fully saturated rings. The fourth-order valence-corrected chi connectivity index (χ4v) is 2.30. The van der Waals surface area contributed by atoms with Gasteiger partial charge in [0.1, 0.15) is 0 Å². The highest BCUT2D eigenvalue weighted by Crippen LogP contribution is 2.24. The Morgan fingerprint density at radius 1 is 1.31 bits per heavy atom. The van der Waals surface area contributed by atoms with E-state index in [1.807, 2.05) is 0 Å². The van der Waals surface area contributed by atoms with Gasteiger partial charge >= 0.3 is 0 Å². The zero-order chi connectivity index (χ0) is 11.8. The molecule has 1 aliphatic rings. The third-order valence-corrected chi connectivity index (χ3v) is 3.44. The molecule has 1 amide bonds. The normalized spacial score (nSPS) is 24.6. The van der Waals surface area contributed by atoms with Crippen molar-refractivity contribution in [3.8, 4) is 0 Å². The van der Waals surface area contributed by atoms with Crippen LogP contribution in [0.25, 0.3) is 0 Å². The molecule has 0 saturated heterocycles. The van der Waals surface area contributed by atoms with Crippen LogP contribution >= 0.6 is 0 Å². The first-order valence-electron chi connectivity index (χ1n) is 6.68. The van der Waals surface area contributed by atoms with Crippen LogP contribution in [0.1, 0.15) is 58.3 Å². The number of carbonyl (C=O) groups is 1. The molecule has 94 valence electrons. The minimum Gasteiger partial charge on any atom is -0.393 e. The topological polar surface area (TPSA) is 49.3 Å².